The van der Waals surface area contributed by atoms with Crippen LogP contribution in [0.1, 0.15) is 31.7 Å². The number of nitrogens with one attached hydrogen (secondary N) is 1. The highest BCUT2D eigenvalue weighted by Crippen LogP contribution is 2.27. The SMILES string of the molecule is CCc1cccc(N2C[C@@H](C(=O)Nc3ccc(S(=O)(=O)N4CCCC4)cc3)CC2=O)c1. The number of carbonyl (C=O) groups is 2. The van der Waals surface area contributed by atoms with E-state index in [4.69, 9.17) is 0 Å². The molecule has 0 aromatic heterocycles. The van der Waals surface area contributed by atoms with Crippen LogP contribution in [0, 0.1) is 5.92 Å². The van der Waals surface area contributed by atoms with E-state index < -0.39 is 15.9 Å². The van der Waals surface area contributed by atoms with E-state index in [2.05, 4.69) is 12.2 Å². The van der Waals surface area contributed by atoms with E-state index in [1.54, 1.807) is 17.0 Å². The van der Waals surface area contributed by atoms with Gasteiger partial charge in [0.15, 0.2) is 0 Å². The Morgan fingerprint density at radius 3 is 2.48 bits per heavy atom. The minimum absolute atomic E-state index is 0.0690. The summed E-state index contributed by atoms with van der Waals surface area (Å²) < 4.78 is 26.7. The Morgan fingerprint density at radius 2 is 1.81 bits per heavy atom. The van der Waals surface area contributed by atoms with Gasteiger partial charge in [-0.3, -0.25) is 9.59 Å². The monoisotopic (exact) mass is 441 g/mol. The van der Waals surface area contributed by atoms with Gasteiger partial charge in [-0.25, -0.2) is 8.42 Å². The van der Waals surface area contributed by atoms with Crippen LogP contribution in [0.2, 0.25) is 0 Å². The van der Waals surface area contributed by atoms with Gasteiger partial charge in [-0.15, -0.1) is 0 Å². The summed E-state index contributed by atoms with van der Waals surface area (Å²) in [6.45, 7) is 3.49. The summed E-state index contributed by atoms with van der Waals surface area (Å²) >= 11 is 0. The van der Waals surface area contributed by atoms with Crippen molar-refractivity contribution in [2.75, 3.05) is 29.9 Å². The number of nitrogens with zero attached hydrogens (tertiary/aromatic N) is 2. The molecule has 2 amide bonds. The summed E-state index contributed by atoms with van der Waals surface area (Å²) in [6, 6.07) is 14.0. The summed E-state index contributed by atoms with van der Waals surface area (Å²) in [5, 5.41) is 2.82. The molecule has 0 bridgehead atoms. The number of hydrogen-bond acceptors (Lipinski definition) is 4. The zero-order chi connectivity index (χ0) is 22.0. The number of carbonyl (C=O) groups excluding carboxylic acids is 2. The molecular weight excluding hydrogens is 414 g/mol. The van der Waals surface area contributed by atoms with Gasteiger partial charge in [0.2, 0.25) is 21.8 Å². The van der Waals surface area contributed by atoms with Crippen LogP contribution in [0.5, 0.6) is 0 Å². The minimum Gasteiger partial charge on any atom is -0.326 e. The lowest BCUT2D eigenvalue weighted by molar-refractivity contribution is -0.122. The first kappa shape index (κ1) is 21.5. The van der Waals surface area contributed by atoms with Crippen LogP contribution in [0.4, 0.5) is 11.4 Å². The lowest BCUT2D eigenvalue weighted by atomic mass is 10.1. The molecule has 31 heavy (non-hydrogen) atoms. The molecule has 0 spiro atoms. The summed E-state index contributed by atoms with van der Waals surface area (Å²) in [7, 11) is -3.48. The molecule has 2 fully saturated rings. The Labute approximate surface area is 183 Å². The lowest BCUT2D eigenvalue weighted by Crippen LogP contribution is -2.28. The number of anilines is 2. The van der Waals surface area contributed by atoms with Crippen molar-refractivity contribution >= 4 is 33.2 Å². The van der Waals surface area contributed by atoms with Crippen molar-refractivity contribution in [2.24, 2.45) is 5.92 Å². The van der Waals surface area contributed by atoms with E-state index in [1.807, 2.05) is 24.3 Å². The van der Waals surface area contributed by atoms with E-state index >= 15 is 0 Å². The Balaban J connectivity index is 1.41. The van der Waals surface area contributed by atoms with Crippen LogP contribution in [-0.4, -0.2) is 44.2 Å². The van der Waals surface area contributed by atoms with Crippen molar-refractivity contribution < 1.29 is 18.0 Å². The third kappa shape index (κ3) is 4.50. The van der Waals surface area contributed by atoms with E-state index in [9.17, 15) is 18.0 Å². The smallest absolute Gasteiger partial charge is 0.243 e. The van der Waals surface area contributed by atoms with Gasteiger partial charge in [0.25, 0.3) is 0 Å². The lowest BCUT2D eigenvalue weighted by Gasteiger charge is -2.18. The van der Waals surface area contributed by atoms with Crippen molar-refractivity contribution in [2.45, 2.75) is 37.5 Å². The fourth-order valence-corrected chi connectivity index (χ4v) is 5.63. The van der Waals surface area contributed by atoms with Crippen LogP contribution < -0.4 is 10.2 Å². The Morgan fingerprint density at radius 1 is 1.10 bits per heavy atom. The van der Waals surface area contributed by atoms with Crippen LogP contribution in [0.15, 0.2) is 53.4 Å². The topological polar surface area (TPSA) is 86.8 Å². The van der Waals surface area contributed by atoms with Crippen LogP contribution >= 0.6 is 0 Å². The Kier molecular flexibility index (Phi) is 6.11. The van der Waals surface area contributed by atoms with Gasteiger partial charge in [-0.1, -0.05) is 19.1 Å². The average molecular weight is 442 g/mol. The minimum atomic E-state index is -3.48. The zero-order valence-electron chi connectivity index (χ0n) is 17.6. The first-order valence-corrected chi connectivity index (χ1v) is 12.1. The van der Waals surface area contributed by atoms with Crippen LogP contribution in [-0.2, 0) is 26.0 Å². The molecule has 0 radical (unpaired) electrons. The Bertz CT molecular complexity index is 1080. The van der Waals surface area contributed by atoms with Gasteiger partial charge in [0, 0.05) is 37.4 Å². The molecule has 8 heteroatoms. The fraction of sp³-hybridized carbons (Fsp3) is 0.391. The second-order valence-electron chi connectivity index (χ2n) is 8.05. The van der Waals surface area contributed by atoms with Gasteiger partial charge in [0.05, 0.1) is 10.8 Å². The molecule has 0 unspecified atom stereocenters. The second-order valence-corrected chi connectivity index (χ2v) is 9.99. The molecule has 2 aromatic carbocycles. The third-order valence-electron chi connectivity index (χ3n) is 5.95. The van der Waals surface area contributed by atoms with Gasteiger partial charge >= 0.3 is 0 Å². The van der Waals surface area contributed by atoms with Crippen molar-refractivity contribution in [1.82, 2.24) is 4.31 Å². The molecule has 0 aliphatic carbocycles. The van der Waals surface area contributed by atoms with Crippen molar-refractivity contribution in [3.8, 4) is 0 Å². The number of hydrogen-bond donors (Lipinski definition) is 1. The second kappa shape index (κ2) is 8.80. The number of benzene rings is 2. The standard InChI is InChI=1S/C23H27N3O4S/c1-2-17-6-5-7-20(14-17)26-16-18(15-22(26)27)23(28)24-19-8-10-21(11-9-19)31(29,30)25-12-3-4-13-25/h5-11,14,18H,2-4,12-13,15-16H2,1H3,(H,24,28)/t18-/m0/s1. The normalized spacial score (nSPS) is 19.7. The van der Waals surface area contributed by atoms with Crippen LogP contribution in [0.3, 0.4) is 0 Å². The largest absolute Gasteiger partial charge is 0.326 e. The maximum absolute atomic E-state index is 12.7. The molecular formula is C23H27N3O4S. The summed E-state index contributed by atoms with van der Waals surface area (Å²) in [5.41, 5.74) is 2.47. The molecule has 7 nitrogen and oxygen atoms in total. The van der Waals surface area contributed by atoms with Gasteiger partial charge < -0.3 is 10.2 Å². The zero-order valence-corrected chi connectivity index (χ0v) is 18.4. The summed E-state index contributed by atoms with van der Waals surface area (Å²) in [4.78, 5) is 27.1. The number of aryl methyl sites for hydroxylation is 1. The predicted molar refractivity (Wildman–Crippen MR) is 119 cm³/mol. The number of amides is 2. The molecule has 1 N–H and O–H groups in total. The molecule has 164 valence electrons. The highest BCUT2D eigenvalue weighted by Gasteiger charge is 2.35. The molecule has 2 aliphatic heterocycles. The van der Waals surface area contributed by atoms with Gasteiger partial charge in [-0.05, 0) is 61.2 Å². The molecule has 2 heterocycles. The maximum Gasteiger partial charge on any atom is 0.243 e. The van der Waals surface area contributed by atoms with Gasteiger partial charge in [0.1, 0.15) is 0 Å². The van der Waals surface area contributed by atoms with E-state index in [0.29, 0.717) is 25.3 Å². The van der Waals surface area contributed by atoms with Gasteiger partial charge in [-0.2, -0.15) is 4.31 Å². The summed E-state index contributed by atoms with van der Waals surface area (Å²) in [6.07, 6.45) is 2.80. The summed E-state index contributed by atoms with van der Waals surface area (Å²) in [5.74, 6) is -0.760. The van der Waals surface area contributed by atoms with E-state index in [0.717, 1.165) is 30.5 Å². The van der Waals surface area contributed by atoms with Crippen molar-refractivity contribution in [1.29, 1.82) is 0 Å². The first-order valence-electron chi connectivity index (χ1n) is 10.7. The molecule has 2 aromatic rings. The highest BCUT2D eigenvalue weighted by molar-refractivity contribution is 7.89. The fourth-order valence-electron chi connectivity index (χ4n) is 4.11. The Hall–Kier alpha value is -2.71. The predicted octanol–water partition coefficient (Wildman–Crippen LogP) is 3.03. The maximum atomic E-state index is 12.7. The molecule has 0 saturated carbocycles. The van der Waals surface area contributed by atoms with Crippen molar-refractivity contribution in [3.63, 3.8) is 0 Å². The van der Waals surface area contributed by atoms with E-state index in [1.165, 1.54) is 16.4 Å². The number of sulfonamides is 1. The molecule has 2 aliphatic rings. The molecule has 4 rings (SSSR count). The number of rotatable bonds is 6. The van der Waals surface area contributed by atoms with Crippen molar-refractivity contribution in [3.05, 3.63) is 54.1 Å². The third-order valence-corrected chi connectivity index (χ3v) is 7.86. The van der Waals surface area contributed by atoms with Crippen LogP contribution in [0.25, 0.3) is 0 Å². The average Bonchev–Trinajstić information content (AvgIpc) is 3.45. The highest BCUT2D eigenvalue weighted by atomic mass is 32.2. The first-order chi connectivity index (χ1) is 14.9. The molecule has 2 saturated heterocycles. The molecule has 1 atom stereocenters. The quantitative estimate of drug-likeness (QED) is 0.747. The van der Waals surface area contributed by atoms with E-state index in [-0.39, 0.29) is 23.1 Å².